The van der Waals surface area contributed by atoms with Gasteiger partial charge in [-0.1, -0.05) is 0 Å². The number of amides is 2. The number of anilines is 1. The third-order valence-electron chi connectivity index (χ3n) is 4.97. The van der Waals surface area contributed by atoms with E-state index in [9.17, 15) is 27.6 Å². The normalized spacial score (nSPS) is 22.8. The van der Waals surface area contributed by atoms with E-state index in [4.69, 9.17) is 5.26 Å². The lowest BCUT2D eigenvalue weighted by atomic mass is 9.67. The molecule has 0 bridgehead atoms. The number of aldehydes is 1. The van der Waals surface area contributed by atoms with Gasteiger partial charge in [-0.25, -0.2) is 4.90 Å². The Morgan fingerprint density at radius 1 is 1.20 bits per heavy atom. The second-order valence-corrected chi connectivity index (χ2v) is 6.61. The number of nitrogens with zero attached hydrogens (tertiary/aromatic N) is 2. The van der Waals surface area contributed by atoms with E-state index in [0.717, 1.165) is 12.1 Å². The van der Waals surface area contributed by atoms with Crippen molar-refractivity contribution in [2.24, 2.45) is 10.8 Å². The lowest BCUT2D eigenvalue weighted by molar-refractivity contribution is -0.138. The lowest BCUT2D eigenvalue weighted by Gasteiger charge is -2.30. The van der Waals surface area contributed by atoms with E-state index in [1.807, 2.05) is 0 Å². The molecule has 0 N–H and O–H groups in total. The standard InChI is InChI=1S/C17H15F3N2O3/c1-15(2)13(24)22(14(25)16(15,3)6-7-23)11-5-4-10(9-21)12(8-11)17(18,19)20/h4-5,7-8H,6H2,1-3H3. The molecule has 1 aromatic carbocycles. The molecule has 1 aliphatic rings. The van der Waals surface area contributed by atoms with Crippen molar-refractivity contribution in [3.05, 3.63) is 29.3 Å². The van der Waals surface area contributed by atoms with Crippen LogP contribution in [0.5, 0.6) is 0 Å². The van der Waals surface area contributed by atoms with E-state index < -0.39 is 39.9 Å². The van der Waals surface area contributed by atoms with Crippen LogP contribution >= 0.6 is 0 Å². The van der Waals surface area contributed by atoms with Gasteiger partial charge in [-0.15, -0.1) is 0 Å². The van der Waals surface area contributed by atoms with Gasteiger partial charge in [-0.05, 0) is 39.0 Å². The molecular weight excluding hydrogens is 337 g/mol. The summed E-state index contributed by atoms with van der Waals surface area (Å²) in [5.74, 6) is -1.44. The first-order chi connectivity index (χ1) is 11.4. The Bertz CT molecular complexity index is 808. The first-order valence-corrected chi connectivity index (χ1v) is 7.36. The number of carbonyl (C=O) groups is 3. The van der Waals surface area contributed by atoms with Crippen LogP contribution in [0.1, 0.15) is 38.3 Å². The molecule has 2 rings (SSSR count). The first kappa shape index (κ1) is 18.6. The number of rotatable bonds is 3. The van der Waals surface area contributed by atoms with Crippen molar-refractivity contribution >= 4 is 23.8 Å². The number of halogens is 3. The second kappa shape index (κ2) is 5.69. The molecule has 25 heavy (non-hydrogen) atoms. The molecule has 1 unspecified atom stereocenters. The van der Waals surface area contributed by atoms with Crippen molar-refractivity contribution in [2.45, 2.75) is 33.4 Å². The summed E-state index contributed by atoms with van der Waals surface area (Å²) in [7, 11) is 0. The third kappa shape index (κ3) is 2.60. The van der Waals surface area contributed by atoms with Gasteiger partial charge in [0, 0.05) is 6.42 Å². The summed E-state index contributed by atoms with van der Waals surface area (Å²) in [5.41, 5.74) is -4.74. The van der Waals surface area contributed by atoms with Gasteiger partial charge in [0.15, 0.2) is 0 Å². The van der Waals surface area contributed by atoms with E-state index in [2.05, 4.69) is 0 Å². The highest BCUT2D eigenvalue weighted by atomic mass is 19.4. The summed E-state index contributed by atoms with van der Waals surface area (Å²) < 4.78 is 39.4. The van der Waals surface area contributed by atoms with Crippen molar-refractivity contribution in [2.75, 3.05) is 4.90 Å². The molecule has 0 radical (unpaired) electrons. The summed E-state index contributed by atoms with van der Waals surface area (Å²) >= 11 is 0. The third-order valence-corrected chi connectivity index (χ3v) is 4.97. The molecule has 132 valence electrons. The average molecular weight is 352 g/mol. The van der Waals surface area contributed by atoms with E-state index in [1.165, 1.54) is 26.8 Å². The van der Waals surface area contributed by atoms with Crippen molar-refractivity contribution in [3.8, 4) is 6.07 Å². The lowest BCUT2D eigenvalue weighted by Crippen LogP contribution is -2.38. The number of alkyl halides is 3. The van der Waals surface area contributed by atoms with Crippen LogP contribution in [-0.2, 0) is 20.6 Å². The molecule has 2 amide bonds. The number of carbonyl (C=O) groups excluding carboxylic acids is 3. The highest BCUT2D eigenvalue weighted by molar-refractivity contribution is 6.25. The topological polar surface area (TPSA) is 78.2 Å². The molecule has 8 heteroatoms. The van der Waals surface area contributed by atoms with Crippen molar-refractivity contribution in [1.82, 2.24) is 0 Å². The minimum atomic E-state index is -4.81. The Kier molecular flexibility index (Phi) is 4.24. The molecule has 1 saturated heterocycles. The van der Waals surface area contributed by atoms with Gasteiger partial charge in [0.05, 0.1) is 33.7 Å². The number of nitriles is 1. The molecule has 0 aliphatic carbocycles. The van der Waals surface area contributed by atoms with Crippen LogP contribution in [0, 0.1) is 22.2 Å². The quantitative estimate of drug-likeness (QED) is 0.619. The van der Waals surface area contributed by atoms with E-state index in [0.29, 0.717) is 17.3 Å². The zero-order valence-corrected chi connectivity index (χ0v) is 13.8. The molecule has 0 saturated carbocycles. The van der Waals surface area contributed by atoms with Crippen LogP contribution in [0.4, 0.5) is 18.9 Å². The molecule has 1 aliphatic heterocycles. The number of benzene rings is 1. The number of hydrogen-bond donors (Lipinski definition) is 0. The van der Waals surface area contributed by atoms with E-state index in [1.54, 1.807) is 0 Å². The summed E-state index contributed by atoms with van der Waals surface area (Å²) in [6.07, 6.45) is -4.53. The van der Waals surface area contributed by atoms with Crippen LogP contribution < -0.4 is 4.90 Å². The zero-order chi connectivity index (χ0) is 19.2. The molecule has 1 heterocycles. The highest BCUT2D eigenvalue weighted by Gasteiger charge is 2.62. The Balaban J connectivity index is 2.64. The van der Waals surface area contributed by atoms with Crippen molar-refractivity contribution in [3.63, 3.8) is 0 Å². The van der Waals surface area contributed by atoms with Crippen molar-refractivity contribution < 1.29 is 27.6 Å². The smallest absolute Gasteiger partial charge is 0.303 e. The predicted octanol–water partition coefficient (Wildman–Crippen LogP) is 3.07. The number of hydrogen-bond acceptors (Lipinski definition) is 4. The fourth-order valence-electron chi connectivity index (χ4n) is 2.87. The Morgan fingerprint density at radius 3 is 2.28 bits per heavy atom. The van der Waals surface area contributed by atoms with Gasteiger partial charge in [-0.2, -0.15) is 18.4 Å². The van der Waals surface area contributed by atoms with E-state index >= 15 is 0 Å². The maximum Gasteiger partial charge on any atom is 0.417 e. The van der Waals surface area contributed by atoms with Crippen LogP contribution in [-0.4, -0.2) is 18.1 Å². The van der Waals surface area contributed by atoms with Gasteiger partial charge in [0.2, 0.25) is 11.8 Å². The summed E-state index contributed by atoms with van der Waals surface area (Å²) in [4.78, 5) is 37.1. The van der Waals surface area contributed by atoms with E-state index in [-0.39, 0.29) is 12.1 Å². The predicted molar refractivity (Wildman–Crippen MR) is 81.2 cm³/mol. The summed E-state index contributed by atoms with van der Waals surface area (Å²) in [6, 6.07) is 4.08. The number of imide groups is 1. The Labute approximate surface area is 142 Å². The van der Waals surface area contributed by atoms with Gasteiger partial charge >= 0.3 is 6.18 Å². The van der Waals surface area contributed by atoms with Gasteiger partial charge in [0.25, 0.3) is 0 Å². The first-order valence-electron chi connectivity index (χ1n) is 7.36. The minimum absolute atomic E-state index is 0.233. The summed E-state index contributed by atoms with van der Waals surface area (Å²) in [5, 5.41) is 8.84. The van der Waals surface area contributed by atoms with Crippen LogP contribution in [0.3, 0.4) is 0 Å². The Morgan fingerprint density at radius 2 is 1.80 bits per heavy atom. The molecular formula is C17H15F3N2O3. The van der Waals surface area contributed by atoms with Gasteiger partial charge in [-0.3, -0.25) is 9.59 Å². The van der Waals surface area contributed by atoms with Gasteiger partial charge < -0.3 is 4.79 Å². The van der Waals surface area contributed by atoms with Crippen LogP contribution in [0.15, 0.2) is 18.2 Å². The Hall–Kier alpha value is -2.69. The fourth-order valence-corrected chi connectivity index (χ4v) is 2.87. The minimum Gasteiger partial charge on any atom is -0.303 e. The van der Waals surface area contributed by atoms with Crippen LogP contribution in [0.25, 0.3) is 0 Å². The maximum absolute atomic E-state index is 13.1. The SMILES string of the molecule is CC1(C)C(=O)N(c2ccc(C#N)c(C(F)(F)F)c2)C(=O)C1(C)CC=O. The molecule has 0 aromatic heterocycles. The largest absolute Gasteiger partial charge is 0.417 e. The zero-order valence-electron chi connectivity index (χ0n) is 13.8. The molecule has 1 aromatic rings. The molecule has 1 atom stereocenters. The van der Waals surface area contributed by atoms with Crippen LogP contribution in [0.2, 0.25) is 0 Å². The molecule has 1 fully saturated rings. The molecule has 5 nitrogen and oxygen atoms in total. The average Bonchev–Trinajstić information content (AvgIpc) is 2.65. The second-order valence-electron chi connectivity index (χ2n) is 6.61. The molecule has 0 spiro atoms. The fraction of sp³-hybridized carbons (Fsp3) is 0.412. The van der Waals surface area contributed by atoms with Gasteiger partial charge in [0.1, 0.15) is 6.29 Å². The maximum atomic E-state index is 13.1. The monoisotopic (exact) mass is 352 g/mol. The van der Waals surface area contributed by atoms with Crippen molar-refractivity contribution in [1.29, 1.82) is 5.26 Å². The summed E-state index contributed by atoms with van der Waals surface area (Å²) in [6.45, 7) is 4.39. The highest BCUT2D eigenvalue weighted by Crippen LogP contribution is 2.51.